The number of carbonyl (C=O) groups excluding carboxylic acids is 1. The third-order valence-corrected chi connectivity index (χ3v) is 3.83. The molecule has 3 nitrogen and oxygen atoms in total. The molecule has 0 aromatic rings. The van der Waals surface area contributed by atoms with Crippen LogP contribution >= 0.6 is 0 Å². The SMILES string of the molecule is CCC1(N)CCCN(C(=O)CC2CC2)C1. The van der Waals surface area contributed by atoms with Gasteiger partial charge in [-0.3, -0.25) is 4.79 Å². The van der Waals surface area contributed by atoms with Crippen LogP contribution in [0.3, 0.4) is 0 Å². The molecule has 2 fully saturated rings. The fraction of sp³-hybridized carbons (Fsp3) is 0.917. The number of rotatable bonds is 3. The van der Waals surface area contributed by atoms with Crippen LogP contribution in [0.4, 0.5) is 0 Å². The Balaban J connectivity index is 1.88. The van der Waals surface area contributed by atoms with Gasteiger partial charge < -0.3 is 10.6 Å². The van der Waals surface area contributed by atoms with Gasteiger partial charge in [0.1, 0.15) is 0 Å². The molecular formula is C12H22N2O. The summed E-state index contributed by atoms with van der Waals surface area (Å²) in [6.07, 6.45) is 6.37. The molecule has 2 aliphatic rings. The van der Waals surface area contributed by atoms with Crippen molar-refractivity contribution in [1.82, 2.24) is 4.90 Å². The molecule has 1 unspecified atom stereocenters. The molecule has 86 valence electrons. The third-order valence-electron chi connectivity index (χ3n) is 3.83. The Morgan fingerprint density at radius 1 is 1.53 bits per heavy atom. The van der Waals surface area contributed by atoms with E-state index in [1.807, 2.05) is 4.90 Å². The quantitative estimate of drug-likeness (QED) is 0.767. The highest BCUT2D eigenvalue weighted by molar-refractivity contribution is 5.77. The Hall–Kier alpha value is -0.570. The van der Waals surface area contributed by atoms with E-state index in [1.165, 1.54) is 12.8 Å². The molecule has 2 N–H and O–H groups in total. The zero-order valence-electron chi connectivity index (χ0n) is 9.67. The lowest BCUT2D eigenvalue weighted by molar-refractivity contribution is -0.133. The molecule has 1 aliphatic heterocycles. The number of piperidine rings is 1. The number of nitrogens with zero attached hydrogens (tertiary/aromatic N) is 1. The molecule has 1 atom stereocenters. The maximum absolute atomic E-state index is 11.9. The van der Waals surface area contributed by atoms with Crippen LogP contribution in [0.25, 0.3) is 0 Å². The van der Waals surface area contributed by atoms with Crippen molar-refractivity contribution in [3.8, 4) is 0 Å². The molecule has 1 heterocycles. The van der Waals surface area contributed by atoms with Crippen LogP contribution in [0.1, 0.15) is 45.4 Å². The lowest BCUT2D eigenvalue weighted by Crippen LogP contribution is -2.55. The van der Waals surface area contributed by atoms with Gasteiger partial charge in [0.05, 0.1) is 0 Å². The predicted molar refractivity (Wildman–Crippen MR) is 60.4 cm³/mol. The van der Waals surface area contributed by atoms with Gasteiger partial charge in [-0.15, -0.1) is 0 Å². The summed E-state index contributed by atoms with van der Waals surface area (Å²) in [5, 5.41) is 0. The van der Waals surface area contributed by atoms with E-state index >= 15 is 0 Å². The highest BCUT2D eigenvalue weighted by atomic mass is 16.2. The second-order valence-electron chi connectivity index (χ2n) is 5.28. The summed E-state index contributed by atoms with van der Waals surface area (Å²) in [4.78, 5) is 13.9. The molecule has 1 amide bonds. The second kappa shape index (κ2) is 4.12. The fourth-order valence-electron chi connectivity index (χ4n) is 2.36. The molecule has 1 aliphatic carbocycles. The summed E-state index contributed by atoms with van der Waals surface area (Å²) >= 11 is 0. The van der Waals surface area contributed by atoms with Crippen LogP contribution in [-0.2, 0) is 4.79 Å². The first-order valence-corrected chi connectivity index (χ1v) is 6.19. The molecule has 0 spiro atoms. The van der Waals surface area contributed by atoms with E-state index < -0.39 is 0 Å². The van der Waals surface area contributed by atoms with E-state index in [1.54, 1.807) is 0 Å². The lowest BCUT2D eigenvalue weighted by atomic mass is 9.87. The van der Waals surface area contributed by atoms with Crippen LogP contribution in [-0.4, -0.2) is 29.4 Å². The highest BCUT2D eigenvalue weighted by Crippen LogP contribution is 2.33. The van der Waals surface area contributed by atoms with Gasteiger partial charge in [0.15, 0.2) is 0 Å². The first-order chi connectivity index (χ1) is 7.13. The first-order valence-electron chi connectivity index (χ1n) is 6.19. The molecular weight excluding hydrogens is 188 g/mol. The summed E-state index contributed by atoms with van der Waals surface area (Å²) < 4.78 is 0. The van der Waals surface area contributed by atoms with Crippen molar-refractivity contribution in [1.29, 1.82) is 0 Å². The number of hydrogen-bond acceptors (Lipinski definition) is 2. The van der Waals surface area contributed by atoms with Crippen molar-refractivity contribution in [2.45, 2.75) is 51.0 Å². The normalized spacial score (nSPS) is 31.7. The maximum atomic E-state index is 11.9. The van der Waals surface area contributed by atoms with Crippen LogP contribution in [0.15, 0.2) is 0 Å². The van der Waals surface area contributed by atoms with Gasteiger partial charge in [0.25, 0.3) is 0 Å². The van der Waals surface area contributed by atoms with E-state index in [4.69, 9.17) is 5.73 Å². The Bertz CT molecular complexity index is 250. The van der Waals surface area contributed by atoms with Gasteiger partial charge in [0.2, 0.25) is 5.91 Å². The summed E-state index contributed by atoms with van der Waals surface area (Å²) in [7, 11) is 0. The largest absolute Gasteiger partial charge is 0.341 e. The Labute approximate surface area is 92.0 Å². The second-order valence-corrected chi connectivity index (χ2v) is 5.28. The van der Waals surface area contributed by atoms with Crippen molar-refractivity contribution in [3.63, 3.8) is 0 Å². The van der Waals surface area contributed by atoms with Crippen molar-refractivity contribution < 1.29 is 4.79 Å². The van der Waals surface area contributed by atoms with Crippen LogP contribution < -0.4 is 5.73 Å². The van der Waals surface area contributed by atoms with Gasteiger partial charge in [-0.05, 0) is 38.0 Å². The molecule has 15 heavy (non-hydrogen) atoms. The van der Waals surface area contributed by atoms with Crippen LogP contribution in [0.5, 0.6) is 0 Å². The Morgan fingerprint density at radius 2 is 2.27 bits per heavy atom. The zero-order valence-corrected chi connectivity index (χ0v) is 9.67. The molecule has 3 heteroatoms. The summed E-state index contributed by atoms with van der Waals surface area (Å²) in [5.41, 5.74) is 6.13. The van der Waals surface area contributed by atoms with E-state index in [2.05, 4.69) is 6.92 Å². The number of carbonyl (C=O) groups is 1. The Kier molecular flexibility index (Phi) is 3.01. The fourth-order valence-corrected chi connectivity index (χ4v) is 2.36. The number of nitrogens with two attached hydrogens (primary N) is 1. The topological polar surface area (TPSA) is 46.3 Å². The zero-order chi connectivity index (χ0) is 10.9. The minimum absolute atomic E-state index is 0.114. The summed E-state index contributed by atoms with van der Waals surface area (Å²) in [6.45, 7) is 3.81. The molecule has 1 saturated heterocycles. The number of amides is 1. The molecule has 0 bridgehead atoms. The number of likely N-dealkylation sites (tertiary alicyclic amines) is 1. The van der Waals surface area contributed by atoms with Crippen molar-refractivity contribution >= 4 is 5.91 Å². The van der Waals surface area contributed by atoms with E-state index in [0.717, 1.165) is 38.8 Å². The van der Waals surface area contributed by atoms with Gasteiger partial charge in [-0.2, -0.15) is 0 Å². The van der Waals surface area contributed by atoms with E-state index in [-0.39, 0.29) is 5.54 Å². The van der Waals surface area contributed by atoms with Crippen molar-refractivity contribution in [2.75, 3.05) is 13.1 Å². The average Bonchev–Trinajstić information content (AvgIpc) is 3.02. The first kappa shape index (κ1) is 10.9. The summed E-state index contributed by atoms with van der Waals surface area (Å²) in [6, 6.07) is 0. The molecule has 0 aromatic heterocycles. The molecule has 1 saturated carbocycles. The molecule has 2 rings (SSSR count). The molecule has 0 aromatic carbocycles. The smallest absolute Gasteiger partial charge is 0.222 e. The average molecular weight is 210 g/mol. The van der Waals surface area contributed by atoms with Gasteiger partial charge in [-0.1, -0.05) is 6.92 Å². The summed E-state index contributed by atoms with van der Waals surface area (Å²) in [5.74, 6) is 1.02. The Morgan fingerprint density at radius 3 is 2.87 bits per heavy atom. The number of hydrogen-bond donors (Lipinski definition) is 1. The van der Waals surface area contributed by atoms with Crippen LogP contribution in [0.2, 0.25) is 0 Å². The minimum atomic E-state index is -0.114. The molecule has 0 radical (unpaired) electrons. The van der Waals surface area contributed by atoms with Gasteiger partial charge in [-0.25, -0.2) is 0 Å². The minimum Gasteiger partial charge on any atom is -0.341 e. The monoisotopic (exact) mass is 210 g/mol. The van der Waals surface area contributed by atoms with E-state index in [0.29, 0.717) is 11.8 Å². The lowest BCUT2D eigenvalue weighted by Gasteiger charge is -2.39. The predicted octanol–water partition coefficient (Wildman–Crippen LogP) is 1.52. The van der Waals surface area contributed by atoms with Gasteiger partial charge >= 0.3 is 0 Å². The third kappa shape index (κ3) is 2.71. The van der Waals surface area contributed by atoms with Gasteiger partial charge in [0, 0.05) is 25.0 Å². The van der Waals surface area contributed by atoms with E-state index in [9.17, 15) is 4.79 Å². The van der Waals surface area contributed by atoms with Crippen molar-refractivity contribution in [3.05, 3.63) is 0 Å². The highest BCUT2D eigenvalue weighted by Gasteiger charge is 2.34. The van der Waals surface area contributed by atoms with Crippen molar-refractivity contribution in [2.24, 2.45) is 11.7 Å². The maximum Gasteiger partial charge on any atom is 0.222 e. The standard InChI is InChI=1S/C12H22N2O/c1-2-12(13)6-3-7-14(9-12)11(15)8-10-4-5-10/h10H,2-9,13H2,1H3. The van der Waals surface area contributed by atoms with Crippen LogP contribution in [0, 0.1) is 5.92 Å².